The number of hydrogen-bond acceptors (Lipinski definition) is 4. The summed E-state index contributed by atoms with van der Waals surface area (Å²) in [5, 5.41) is 18.1. The smallest absolute Gasteiger partial charge is 0.392 e. The number of aliphatic hydroxyl groups is 2. The molecule has 6 nitrogen and oxygen atoms in total. The lowest BCUT2D eigenvalue weighted by Gasteiger charge is -2.38. The van der Waals surface area contributed by atoms with Crippen LogP contribution in [0.4, 0.5) is 43.9 Å². The Morgan fingerprint density at radius 3 is 1.07 bits per heavy atom. The molecule has 0 radical (unpaired) electrons. The third kappa shape index (κ3) is 4.04. The van der Waals surface area contributed by atoms with Gasteiger partial charge in [-0.15, -0.1) is 0 Å². The first-order valence-electron chi connectivity index (χ1n) is 6.64. The summed E-state index contributed by atoms with van der Waals surface area (Å²) in [6.45, 7) is -4.62. The summed E-state index contributed by atoms with van der Waals surface area (Å²) in [6.07, 6.45) is 0. The van der Waals surface area contributed by atoms with Crippen molar-refractivity contribution in [1.82, 2.24) is 10.6 Å². The van der Waals surface area contributed by atoms with Crippen LogP contribution >= 0.6 is 0 Å². The van der Waals surface area contributed by atoms with E-state index in [9.17, 15) is 53.5 Å². The molecule has 27 heavy (non-hydrogen) atoms. The number of amides is 2. The van der Waals surface area contributed by atoms with E-state index >= 15 is 0 Å². The highest BCUT2D eigenvalue weighted by molar-refractivity contribution is 5.86. The van der Waals surface area contributed by atoms with Gasteiger partial charge >= 0.3 is 29.6 Å². The molecule has 0 rings (SSSR count). The number of rotatable bonds is 10. The quantitative estimate of drug-likeness (QED) is 0.380. The summed E-state index contributed by atoms with van der Waals surface area (Å²) in [4.78, 5) is 21.7. The SMILES string of the molecule is O=C(NCCO)C(F)(F)C(F)(F)C(F)(F)C(F)(F)C(F)(F)C(=O)NCCO. The molecular formula is C11H12F10N2O4. The van der Waals surface area contributed by atoms with E-state index in [0.717, 1.165) is 10.6 Å². The van der Waals surface area contributed by atoms with Crippen molar-refractivity contribution in [3.8, 4) is 0 Å². The van der Waals surface area contributed by atoms with Gasteiger partial charge in [-0.25, -0.2) is 0 Å². The second-order valence-electron chi connectivity index (χ2n) is 4.83. The second-order valence-corrected chi connectivity index (χ2v) is 4.83. The van der Waals surface area contributed by atoms with Crippen LogP contribution in [0, 0.1) is 0 Å². The molecule has 16 heteroatoms. The molecule has 0 spiro atoms. The van der Waals surface area contributed by atoms with Crippen molar-refractivity contribution in [2.24, 2.45) is 0 Å². The summed E-state index contributed by atoms with van der Waals surface area (Å²) in [7, 11) is 0. The molecule has 0 atom stereocenters. The molecule has 0 heterocycles. The molecule has 2 amide bonds. The zero-order valence-electron chi connectivity index (χ0n) is 12.8. The Bertz CT molecular complexity index is 509. The summed E-state index contributed by atoms with van der Waals surface area (Å²) >= 11 is 0. The lowest BCUT2D eigenvalue weighted by atomic mass is 9.93. The maximum absolute atomic E-state index is 13.4. The van der Waals surface area contributed by atoms with Crippen LogP contribution in [0.5, 0.6) is 0 Å². The van der Waals surface area contributed by atoms with Gasteiger partial charge in [0.2, 0.25) is 0 Å². The fraction of sp³-hybridized carbons (Fsp3) is 0.818. The Morgan fingerprint density at radius 2 is 0.852 bits per heavy atom. The lowest BCUT2D eigenvalue weighted by molar-refractivity contribution is -0.387. The highest BCUT2D eigenvalue weighted by Gasteiger charge is 2.88. The molecular weight excluding hydrogens is 414 g/mol. The van der Waals surface area contributed by atoms with Gasteiger partial charge in [0, 0.05) is 13.1 Å². The van der Waals surface area contributed by atoms with Gasteiger partial charge in [-0.3, -0.25) is 9.59 Å². The van der Waals surface area contributed by atoms with Gasteiger partial charge in [-0.05, 0) is 0 Å². The van der Waals surface area contributed by atoms with E-state index in [0.29, 0.717) is 0 Å². The summed E-state index contributed by atoms with van der Waals surface area (Å²) in [5.41, 5.74) is 0. The second kappa shape index (κ2) is 8.04. The largest absolute Gasteiger partial charge is 0.395 e. The summed E-state index contributed by atoms with van der Waals surface area (Å²) < 4.78 is 134. The van der Waals surface area contributed by atoms with Gasteiger partial charge in [0.1, 0.15) is 0 Å². The number of carbonyl (C=O) groups excluding carboxylic acids is 2. The van der Waals surface area contributed by atoms with Crippen molar-refractivity contribution >= 4 is 11.8 Å². The third-order valence-electron chi connectivity index (χ3n) is 2.94. The number of nitrogens with one attached hydrogen (secondary N) is 2. The molecule has 0 saturated carbocycles. The van der Waals surface area contributed by atoms with E-state index in [1.165, 1.54) is 0 Å². The monoisotopic (exact) mass is 426 g/mol. The normalized spacial score (nSPS) is 14.1. The molecule has 0 fully saturated rings. The highest BCUT2D eigenvalue weighted by Crippen LogP contribution is 2.57. The first-order chi connectivity index (χ1) is 12.0. The summed E-state index contributed by atoms with van der Waals surface area (Å²) in [6, 6.07) is 0. The van der Waals surface area contributed by atoms with E-state index in [1.54, 1.807) is 0 Å². The maximum Gasteiger partial charge on any atom is 0.392 e. The number of carbonyl (C=O) groups is 2. The fourth-order valence-electron chi connectivity index (χ4n) is 1.44. The predicted molar refractivity (Wildman–Crippen MR) is 64.9 cm³/mol. The Morgan fingerprint density at radius 1 is 0.593 bits per heavy atom. The minimum Gasteiger partial charge on any atom is -0.395 e. The number of halogens is 10. The van der Waals surface area contributed by atoms with Crippen LogP contribution < -0.4 is 10.6 Å². The van der Waals surface area contributed by atoms with Crippen molar-refractivity contribution < 1.29 is 63.7 Å². The molecule has 0 aliphatic rings. The Kier molecular flexibility index (Phi) is 7.49. The molecule has 0 aromatic rings. The minimum absolute atomic E-state index is 0.800. The van der Waals surface area contributed by atoms with Gasteiger partial charge in [-0.2, -0.15) is 43.9 Å². The van der Waals surface area contributed by atoms with E-state index in [-0.39, 0.29) is 0 Å². The van der Waals surface area contributed by atoms with Crippen molar-refractivity contribution in [3.05, 3.63) is 0 Å². The topological polar surface area (TPSA) is 98.7 Å². The Labute approximate surface area is 143 Å². The van der Waals surface area contributed by atoms with Gasteiger partial charge in [0.25, 0.3) is 11.8 Å². The number of aliphatic hydroxyl groups excluding tert-OH is 2. The van der Waals surface area contributed by atoms with Crippen molar-refractivity contribution in [2.75, 3.05) is 26.3 Å². The van der Waals surface area contributed by atoms with Gasteiger partial charge in [-0.1, -0.05) is 0 Å². The molecule has 0 saturated heterocycles. The minimum atomic E-state index is -7.60. The molecule has 0 aromatic heterocycles. The van der Waals surface area contributed by atoms with E-state index in [1.807, 2.05) is 0 Å². The van der Waals surface area contributed by atoms with E-state index in [2.05, 4.69) is 0 Å². The van der Waals surface area contributed by atoms with Crippen LogP contribution in [0.1, 0.15) is 0 Å². The predicted octanol–water partition coefficient (Wildman–Crippen LogP) is 0.380. The Balaban J connectivity index is 6.03. The average Bonchev–Trinajstić information content (AvgIpc) is 2.56. The van der Waals surface area contributed by atoms with Gasteiger partial charge in [0.15, 0.2) is 0 Å². The fourth-order valence-corrected chi connectivity index (χ4v) is 1.44. The van der Waals surface area contributed by atoms with Crippen molar-refractivity contribution in [2.45, 2.75) is 29.6 Å². The number of alkyl halides is 10. The summed E-state index contributed by atoms with van der Waals surface area (Å²) in [5.74, 6) is -42.2. The van der Waals surface area contributed by atoms with E-state index < -0.39 is 67.7 Å². The molecule has 160 valence electrons. The lowest BCUT2D eigenvalue weighted by Crippen LogP contribution is -2.71. The standard InChI is InChI=1S/C11H12F10N2O4/c12-7(13,5(26)22-1-3-24)9(16,17)11(20,21)10(18,19)8(14,15)6(27)23-2-4-25/h24-25H,1-4H2,(H,22,26)(H,23,27). The van der Waals surface area contributed by atoms with Crippen LogP contribution in [-0.2, 0) is 9.59 Å². The Hall–Kier alpha value is -1.84. The number of hydrogen-bond donors (Lipinski definition) is 4. The van der Waals surface area contributed by atoms with Gasteiger partial charge in [0.05, 0.1) is 13.2 Å². The van der Waals surface area contributed by atoms with Crippen molar-refractivity contribution in [3.63, 3.8) is 0 Å². The highest BCUT2D eigenvalue weighted by atomic mass is 19.4. The van der Waals surface area contributed by atoms with Crippen LogP contribution in [0.25, 0.3) is 0 Å². The van der Waals surface area contributed by atoms with Gasteiger partial charge < -0.3 is 20.8 Å². The van der Waals surface area contributed by atoms with Crippen LogP contribution in [0.3, 0.4) is 0 Å². The zero-order valence-corrected chi connectivity index (χ0v) is 12.8. The molecule has 0 bridgehead atoms. The third-order valence-corrected chi connectivity index (χ3v) is 2.94. The molecule has 0 aliphatic heterocycles. The zero-order chi connectivity index (χ0) is 21.9. The molecule has 0 aliphatic carbocycles. The van der Waals surface area contributed by atoms with Crippen LogP contribution in [0.15, 0.2) is 0 Å². The van der Waals surface area contributed by atoms with Crippen molar-refractivity contribution in [1.29, 1.82) is 0 Å². The average molecular weight is 426 g/mol. The molecule has 4 N–H and O–H groups in total. The first kappa shape index (κ1) is 25.2. The van der Waals surface area contributed by atoms with Crippen LogP contribution in [-0.4, -0.2) is 77.9 Å². The maximum atomic E-state index is 13.4. The van der Waals surface area contributed by atoms with E-state index in [4.69, 9.17) is 10.2 Å². The molecule has 0 aromatic carbocycles. The first-order valence-corrected chi connectivity index (χ1v) is 6.64. The van der Waals surface area contributed by atoms with Crippen LogP contribution in [0.2, 0.25) is 0 Å². The molecule has 0 unspecified atom stereocenters.